The summed E-state index contributed by atoms with van der Waals surface area (Å²) in [5.41, 5.74) is -0.620. The third-order valence-corrected chi connectivity index (χ3v) is 3.13. The van der Waals surface area contributed by atoms with E-state index in [9.17, 15) is 9.59 Å². The predicted molar refractivity (Wildman–Crippen MR) is 75.0 cm³/mol. The van der Waals surface area contributed by atoms with Crippen LogP contribution in [0.2, 0.25) is 0 Å². The minimum atomic E-state index is -0.971. The molecule has 1 aliphatic heterocycles. The van der Waals surface area contributed by atoms with Crippen LogP contribution in [0, 0.1) is 0 Å². The summed E-state index contributed by atoms with van der Waals surface area (Å²) in [5.74, 6) is -0.971. The highest BCUT2D eigenvalue weighted by atomic mass is 16.7. The topological polar surface area (TPSA) is 85.3 Å². The molecule has 1 aliphatic rings. The van der Waals surface area contributed by atoms with Gasteiger partial charge in [-0.25, -0.2) is 4.79 Å². The highest BCUT2D eigenvalue weighted by Crippen LogP contribution is 2.25. The van der Waals surface area contributed by atoms with Crippen molar-refractivity contribution in [2.24, 2.45) is 0 Å². The van der Waals surface area contributed by atoms with Crippen LogP contribution in [0.1, 0.15) is 40.0 Å². The van der Waals surface area contributed by atoms with Crippen molar-refractivity contribution in [3.63, 3.8) is 0 Å². The fourth-order valence-electron chi connectivity index (χ4n) is 2.34. The van der Waals surface area contributed by atoms with Gasteiger partial charge in [-0.05, 0) is 33.6 Å². The van der Waals surface area contributed by atoms with Crippen molar-refractivity contribution in [2.75, 3.05) is 20.4 Å². The van der Waals surface area contributed by atoms with E-state index < -0.39 is 23.7 Å². The van der Waals surface area contributed by atoms with E-state index in [2.05, 4.69) is 0 Å². The highest BCUT2D eigenvalue weighted by Gasteiger charge is 2.38. The van der Waals surface area contributed by atoms with Crippen LogP contribution in [-0.4, -0.2) is 60.3 Å². The van der Waals surface area contributed by atoms with Crippen LogP contribution in [0.15, 0.2) is 0 Å². The molecule has 1 rings (SSSR count). The number of rotatable bonds is 5. The van der Waals surface area contributed by atoms with Gasteiger partial charge in [-0.2, -0.15) is 0 Å². The Hall–Kier alpha value is -1.34. The zero-order valence-electron chi connectivity index (χ0n) is 13.1. The number of nitrogens with zero attached hydrogens (tertiary/aromatic N) is 1. The highest BCUT2D eigenvalue weighted by molar-refractivity contribution is 5.72. The summed E-state index contributed by atoms with van der Waals surface area (Å²) < 4.78 is 15.7. The quantitative estimate of drug-likeness (QED) is 0.780. The van der Waals surface area contributed by atoms with Crippen LogP contribution in [0.25, 0.3) is 0 Å². The fraction of sp³-hybridized carbons (Fsp3) is 0.857. The molecular formula is C14H25NO6. The Morgan fingerprint density at radius 2 is 2.00 bits per heavy atom. The van der Waals surface area contributed by atoms with Crippen LogP contribution in [0.5, 0.6) is 0 Å². The maximum atomic E-state index is 12.2. The summed E-state index contributed by atoms with van der Waals surface area (Å²) in [6.07, 6.45) is 0.402. The van der Waals surface area contributed by atoms with E-state index in [0.29, 0.717) is 13.0 Å². The van der Waals surface area contributed by atoms with Gasteiger partial charge in [0.25, 0.3) is 0 Å². The van der Waals surface area contributed by atoms with Gasteiger partial charge in [0.05, 0.1) is 18.6 Å². The molecule has 2 atom stereocenters. The number of likely N-dealkylation sites (tertiary alicyclic amines) is 1. The number of carbonyl (C=O) groups excluding carboxylic acids is 1. The number of amides is 1. The number of carboxylic acids is 1. The summed E-state index contributed by atoms with van der Waals surface area (Å²) >= 11 is 0. The first-order chi connectivity index (χ1) is 9.74. The van der Waals surface area contributed by atoms with Gasteiger partial charge >= 0.3 is 12.1 Å². The van der Waals surface area contributed by atoms with Gasteiger partial charge in [0, 0.05) is 13.7 Å². The second-order valence-corrected chi connectivity index (χ2v) is 6.09. The molecule has 0 aromatic carbocycles. The van der Waals surface area contributed by atoms with E-state index in [1.807, 2.05) is 0 Å². The molecule has 0 unspecified atom stereocenters. The van der Waals surface area contributed by atoms with E-state index in [-0.39, 0.29) is 19.3 Å². The Morgan fingerprint density at radius 1 is 1.33 bits per heavy atom. The lowest BCUT2D eigenvalue weighted by Crippen LogP contribution is -2.54. The monoisotopic (exact) mass is 303 g/mol. The molecule has 0 aliphatic carbocycles. The van der Waals surface area contributed by atoms with Gasteiger partial charge in [-0.1, -0.05) is 0 Å². The van der Waals surface area contributed by atoms with Crippen LogP contribution < -0.4 is 0 Å². The predicted octanol–water partition coefficient (Wildman–Crippen LogP) is 1.85. The molecular weight excluding hydrogens is 278 g/mol. The Kier molecular flexibility index (Phi) is 6.42. The molecule has 0 saturated carbocycles. The smallest absolute Gasteiger partial charge is 0.410 e. The summed E-state index contributed by atoms with van der Waals surface area (Å²) in [5, 5.41) is 9.08. The molecule has 0 bridgehead atoms. The third-order valence-electron chi connectivity index (χ3n) is 3.13. The molecule has 21 heavy (non-hydrogen) atoms. The van der Waals surface area contributed by atoms with Crippen LogP contribution in [0.4, 0.5) is 4.79 Å². The number of hydrogen-bond donors (Lipinski definition) is 1. The first kappa shape index (κ1) is 17.7. The molecule has 1 fully saturated rings. The molecule has 122 valence electrons. The lowest BCUT2D eigenvalue weighted by atomic mass is 9.96. The number of carboxylic acid groups (broad SMARTS) is 1. The number of methoxy groups -OCH3 is 1. The standard InChI is InChI=1S/C14H25NO6/c1-14(2,3)21-13(18)15-7-5-6-11(20-9-19-4)10(15)8-12(16)17/h10-11H,5-9H2,1-4H3,(H,16,17)/t10-,11+/m1/s1. The summed E-state index contributed by atoms with van der Waals surface area (Å²) in [7, 11) is 1.50. The lowest BCUT2D eigenvalue weighted by Gasteiger charge is -2.40. The zero-order chi connectivity index (χ0) is 16.0. The van der Waals surface area contributed by atoms with Crippen molar-refractivity contribution in [3.05, 3.63) is 0 Å². The largest absolute Gasteiger partial charge is 0.481 e. The summed E-state index contributed by atoms with van der Waals surface area (Å²) in [4.78, 5) is 24.8. The first-order valence-electron chi connectivity index (χ1n) is 7.06. The SMILES string of the molecule is COCO[C@H]1CCCN(C(=O)OC(C)(C)C)[C@@H]1CC(=O)O. The van der Waals surface area contributed by atoms with Crippen molar-refractivity contribution in [2.45, 2.75) is 57.8 Å². The molecule has 1 saturated heterocycles. The Labute approximate surface area is 125 Å². The minimum Gasteiger partial charge on any atom is -0.481 e. The summed E-state index contributed by atoms with van der Waals surface area (Å²) in [6.45, 7) is 5.88. The second kappa shape index (κ2) is 7.61. The number of carbonyl (C=O) groups is 2. The van der Waals surface area contributed by atoms with Gasteiger partial charge in [0.2, 0.25) is 0 Å². The van der Waals surface area contributed by atoms with Crippen molar-refractivity contribution >= 4 is 12.1 Å². The van der Waals surface area contributed by atoms with E-state index in [0.717, 1.165) is 6.42 Å². The van der Waals surface area contributed by atoms with Crippen molar-refractivity contribution in [3.8, 4) is 0 Å². The Morgan fingerprint density at radius 3 is 2.52 bits per heavy atom. The Balaban J connectivity index is 2.82. The molecule has 7 nitrogen and oxygen atoms in total. The van der Waals surface area contributed by atoms with Crippen molar-refractivity contribution < 1.29 is 28.9 Å². The van der Waals surface area contributed by atoms with Crippen LogP contribution in [0.3, 0.4) is 0 Å². The van der Waals surface area contributed by atoms with E-state index in [1.54, 1.807) is 20.8 Å². The van der Waals surface area contributed by atoms with Gasteiger partial charge in [0.1, 0.15) is 12.4 Å². The van der Waals surface area contributed by atoms with Gasteiger partial charge in [-0.15, -0.1) is 0 Å². The first-order valence-corrected chi connectivity index (χ1v) is 7.06. The molecule has 1 N–H and O–H groups in total. The van der Waals surface area contributed by atoms with E-state index >= 15 is 0 Å². The molecule has 0 aromatic heterocycles. The number of hydrogen-bond acceptors (Lipinski definition) is 5. The summed E-state index contributed by atoms with van der Waals surface area (Å²) in [6, 6.07) is -0.541. The number of aliphatic carboxylic acids is 1. The van der Waals surface area contributed by atoms with Gasteiger partial charge in [-0.3, -0.25) is 4.79 Å². The number of piperidine rings is 1. The van der Waals surface area contributed by atoms with Crippen LogP contribution >= 0.6 is 0 Å². The van der Waals surface area contributed by atoms with Crippen molar-refractivity contribution in [1.82, 2.24) is 4.90 Å². The maximum absolute atomic E-state index is 12.2. The zero-order valence-corrected chi connectivity index (χ0v) is 13.1. The molecule has 0 aromatic rings. The average Bonchev–Trinajstić information content (AvgIpc) is 2.34. The van der Waals surface area contributed by atoms with Crippen molar-refractivity contribution in [1.29, 1.82) is 0 Å². The normalized spacial score (nSPS) is 23.0. The van der Waals surface area contributed by atoms with Crippen LogP contribution in [-0.2, 0) is 19.0 Å². The molecule has 0 radical (unpaired) electrons. The third kappa shape index (κ3) is 5.89. The van der Waals surface area contributed by atoms with Gasteiger partial charge in [0.15, 0.2) is 0 Å². The number of ether oxygens (including phenoxy) is 3. The Bertz CT molecular complexity index is 365. The fourth-order valence-corrected chi connectivity index (χ4v) is 2.34. The molecule has 7 heteroatoms. The average molecular weight is 303 g/mol. The molecule has 0 spiro atoms. The van der Waals surface area contributed by atoms with E-state index in [4.69, 9.17) is 19.3 Å². The molecule has 1 amide bonds. The maximum Gasteiger partial charge on any atom is 0.410 e. The lowest BCUT2D eigenvalue weighted by molar-refractivity contribution is -0.145. The van der Waals surface area contributed by atoms with Gasteiger partial charge < -0.3 is 24.2 Å². The second-order valence-electron chi connectivity index (χ2n) is 6.09. The minimum absolute atomic E-state index is 0.0724. The molecule has 1 heterocycles. The van der Waals surface area contributed by atoms with E-state index in [1.165, 1.54) is 12.0 Å².